The van der Waals surface area contributed by atoms with Crippen LogP contribution >= 0.6 is 0 Å². The van der Waals surface area contributed by atoms with E-state index in [2.05, 4.69) is 0 Å². The van der Waals surface area contributed by atoms with E-state index in [1.807, 2.05) is 19.1 Å². The summed E-state index contributed by atoms with van der Waals surface area (Å²) in [4.78, 5) is 0. The summed E-state index contributed by atoms with van der Waals surface area (Å²) < 4.78 is 0. The zero-order valence-electron chi connectivity index (χ0n) is 6.25. The summed E-state index contributed by atoms with van der Waals surface area (Å²) in [7, 11) is 0. The summed E-state index contributed by atoms with van der Waals surface area (Å²) >= 11 is 0. The van der Waals surface area contributed by atoms with E-state index in [9.17, 15) is 5.11 Å². The van der Waals surface area contributed by atoms with Crippen molar-refractivity contribution in [3.63, 3.8) is 0 Å². The van der Waals surface area contributed by atoms with Crippen molar-refractivity contribution in [2.24, 2.45) is 5.92 Å². The summed E-state index contributed by atoms with van der Waals surface area (Å²) in [6, 6.07) is 0. The quantitative estimate of drug-likeness (QED) is 0.569. The number of aliphatic hydroxyl groups is 2. The SMILES string of the molecule is CC=CC1(O)CC1CCO. The van der Waals surface area contributed by atoms with Crippen LogP contribution in [0.4, 0.5) is 0 Å². The Bertz CT molecular complexity index is 142. The van der Waals surface area contributed by atoms with Crippen LogP contribution in [0.25, 0.3) is 0 Å². The Balaban J connectivity index is 2.33. The predicted octanol–water partition coefficient (Wildman–Crippen LogP) is 0.696. The molecule has 1 aliphatic rings. The molecule has 2 nitrogen and oxygen atoms in total. The topological polar surface area (TPSA) is 40.5 Å². The van der Waals surface area contributed by atoms with E-state index in [1.165, 1.54) is 0 Å². The van der Waals surface area contributed by atoms with Gasteiger partial charge in [0.15, 0.2) is 0 Å². The molecule has 0 aromatic carbocycles. The molecule has 1 aliphatic carbocycles. The van der Waals surface area contributed by atoms with Gasteiger partial charge < -0.3 is 10.2 Å². The lowest BCUT2D eigenvalue weighted by molar-refractivity contribution is 0.169. The van der Waals surface area contributed by atoms with Gasteiger partial charge in [-0.2, -0.15) is 0 Å². The monoisotopic (exact) mass is 142 g/mol. The third-order valence-electron chi connectivity index (χ3n) is 2.05. The highest BCUT2D eigenvalue weighted by Crippen LogP contribution is 2.46. The van der Waals surface area contributed by atoms with Gasteiger partial charge in [-0.05, 0) is 25.7 Å². The highest BCUT2D eigenvalue weighted by molar-refractivity contribution is 5.16. The van der Waals surface area contributed by atoms with Crippen LogP contribution < -0.4 is 0 Å². The maximum Gasteiger partial charge on any atom is 0.0861 e. The third-order valence-corrected chi connectivity index (χ3v) is 2.05. The lowest BCUT2D eigenvalue weighted by Gasteiger charge is -2.00. The summed E-state index contributed by atoms with van der Waals surface area (Å²) in [5.74, 6) is 0.300. The number of hydrogen-bond donors (Lipinski definition) is 2. The highest BCUT2D eigenvalue weighted by Gasteiger charge is 2.49. The van der Waals surface area contributed by atoms with Gasteiger partial charge in [-0.15, -0.1) is 0 Å². The fourth-order valence-corrected chi connectivity index (χ4v) is 1.34. The molecule has 0 aromatic rings. The van der Waals surface area contributed by atoms with Crippen LogP contribution in [0.2, 0.25) is 0 Å². The first-order valence-corrected chi connectivity index (χ1v) is 3.70. The Labute approximate surface area is 61.2 Å². The molecule has 0 spiro atoms. The second-order valence-corrected chi connectivity index (χ2v) is 2.90. The van der Waals surface area contributed by atoms with Crippen LogP contribution in [-0.2, 0) is 0 Å². The minimum Gasteiger partial charge on any atom is -0.396 e. The summed E-state index contributed by atoms with van der Waals surface area (Å²) in [6.45, 7) is 2.08. The Morgan fingerprint density at radius 2 is 2.40 bits per heavy atom. The van der Waals surface area contributed by atoms with Gasteiger partial charge in [-0.1, -0.05) is 12.2 Å². The average molecular weight is 142 g/mol. The van der Waals surface area contributed by atoms with Gasteiger partial charge in [0.1, 0.15) is 0 Å². The Morgan fingerprint density at radius 1 is 1.70 bits per heavy atom. The van der Waals surface area contributed by atoms with Gasteiger partial charge in [-0.3, -0.25) is 0 Å². The van der Waals surface area contributed by atoms with Crippen molar-refractivity contribution in [3.05, 3.63) is 12.2 Å². The fraction of sp³-hybridized carbons (Fsp3) is 0.750. The zero-order chi connectivity index (χ0) is 7.61. The van der Waals surface area contributed by atoms with Crippen molar-refractivity contribution < 1.29 is 10.2 Å². The van der Waals surface area contributed by atoms with E-state index in [4.69, 9.17) is 5.11 Å². The normalized spacial score (nSPS) is 38.9. The van der Waals surface area contributed by atoms with Crippen LogP contribution in [-0.4, -0.2) is 22.4 Å². The lowest BCUT2D eigenvalue weighted by atomic mass is 10.2. The lowest BCUT2D eigenvalue weighted by Crippen LogP contribution is -2.06. The molecule has 2 atom stereocenters. The number of hydrogen-bond acceptors (Lipinski definition) is 2. The Kier molecular flexibility index (Phi) is 2.11. The smallest absolute Gasteiger partial charge is 0.0861 e. The minimum absolute atomic E-state index is 0.185. The fourth-order valence-electron chi connectivity index (χ4n) is 1.34. The molecule has 2 unspecified atom stereocenters. The van der Waals surface area contributed by atoms with E-state index in [0.29, 0.717) is 5.92 Å². The first kappa shape index (κ1) is 7.76. The maximum atomic E-state index is 9.52. The predicted molar refractivity (Wildman–Crippen MR) is 39.6 cm³/mol. The molecule has 2 heteroatoms. The second kappa shape index (κ2) is 2.72. The average Bonchev–Trinajstić information content (AvgIpc) is 2.44. The van der Waals surface area contributed by atoms with Crippen LogP contribution in [0.15, 0.2) is 12.2 Å². The molecule has 0 aliphatic heterocycles. The van der Waals surface area contributed by atoms with Gasteiger partial charge in [0.2, 0.25) is 0 Å². The van der Waals surface area contributed by atoms with E-state index in [1.54, 1.807) is 0 Å². The second-order valence-electron chi connectivity index (χ2n) is 2.90. The van der Waals surface area contributed by atoms with Gasteiger partial charge in [-0.25, -0.2) is 0 Å². The van der Waals surface area contributed by atoms with Crippen LogP contribution in [0.3, 0.4) is 0 Å². The highest BCUT2D eigenvalue weighted by atomic mass is 16.3. The van der Waals surface area contributed by atoms with Crippen molar-refractivity contribution in [2.45, 2.75) is 25.4 Å². The molecule has 2 N–H and O–H groups in total. The molecule has 10 heavy (non-hydrogen) atoms. The van der Waals surface area contributed by atoms with Crippen molar-refractivity contribution in [1.82, 2.24) is 0 Å². The zero-order valence-corrected chi connectivity index (χ0v) is 6.25. The number of rotatable bonds is 3. The molecule has 1 fully saturated rings. The van der Waals surface area contributed by atoms with E-state index in [-0.39, 0.29) is 6.61 Å². The first-order valence-electron chi connectivity index (χ1n) is 3.70. The first-order chi connectivity index (χ1) is 4.73. The standard InChI is InChI=1S/C8H14O2/c1-2-4-8(10)6-7(8)3-5-9/h2,4,7,9-10H,3,5-6H2,1H3. The van der Waals surface area contributed by atoms with Crippen molar-refractivity contribution in [2.75, 3.05) is 6.61 Å². The van der Waals surface area contributed by atoms with Crippen molar-refractivity contribution in [3.8, 4) is 0 Å². The number of aliphatic hydroxyl groups excluding tert-OH is 1. The molecule has 0 aromatic heterocycles. The number of allylic oxidation sites excluding steroid dienone is 1. The van der Waals surface area contributed by atoms with Crippen molar-refractivity contribution in [1.29, 1.82) is 0 Å². The van der Waals surface area contributed by atoms with Crippen LogP contribution in [0.1, 0.15) is 19.8 Å². The minimum atomic E-state index is -0.572. The van der Waals surface area contributed by atoms with Gasteiger partial charge >= 0.3 is 0 Å². The summed E-state index contributed by atoms with van der Waals surface area (Å²) in [5, 5.41) is 18.1. The third kappa shape index (κ3) is 1.39. The Hall–Kier alpha value is -0.340. The molecule has 0 heterocycles. The molecule has 0 amide bonds. The summed E-state index contributed by atoms with van der Waals surface area (Å²) in [5.41, 5.74) is -0.572. The largest absolute Gasteiger partial charge is 0.396 e. The molecule has 0 radical (unpaired) electrons. The molecule has 58 valence electrons. The molecule has 1 saturated carbocycles. The van der Waals surface area contributed by atoms with Gasteiger partial charge in [0, 0.05) is 6.61 Å². The molecule has 0 saturated heterocycles. The molecule has 1 rings (SSSR count). The Morgan fingerprint density at radius 3 is 2.90 bits per heavy atom. The van der Waals surface area contributed by atoms with Gasteiger partial charge in [0.05, 0.1) is 5.60 Å². The van der Waals surface area contributed by atoms with Crippen molar-refractivity contribution >= 4 is 0 Å². The van der Waals surface area contributed by atoms with Crippen LogP contribution in [0, 0.1) is 5.92 Å². The maximum absolute atomic E-state index is 9.52. The summed E-state index contributed by atoms with van der Waals surface area (Å²) in [6.07, 6.45) is 5.21. The van der Waals surface area contributed by atoms with Gasteiger partial charge in [0.25, 0.3) is 0 Å². The van der Waals surface area contributed by atoms with E-state index in [0.717, 1.165) is 12.8 Å². The molecule has 0 bridgehead atoms. The van der Waals surface area contributed by atoms with E-state index >= 15 is 0 Å². The molecular formula is C8H14O2. The van der Waals surface area contributed by atoms with Crippen LogP contribution in [0.5, 0.6) is 0 Å². The molecular weight excluding hydrogens is 128 g/mol. The van der Waals surface area contributed by atoms with E-state index < -0.39 is 5.60 Å².